The molecule has 0 bridgehead atoms. The summed E-state index contributed by atoms with van der Waals surface area (Å²) < 4.78 is 2.03. The van der Waals surface area contributed by atoms with Gasteiger partial charge in [-0.1, -0.05) is 12.1 Å². The van der Waals surface area contributed by atoms with E-state index in [4.69, 9.17) is 0 Å². The van der Waals surface area contributed by atoms with Gasteiger partial charge in [-0.15, -0.1) is 0 Å². The number of carbonyl (C=O) groups excluding carboxylic acids is 1. The van der Waals surface area contributed by atoms with Crippen LogP contribution < -0.4 is 0 Å². The summed E-state index contributed by atoms with van der Waals surface area (Å²) in [6, 6.07) is 7.96. The minimum Gasteiger partial charge on any atom is -0.389 e. The molecule has 1 aliphatic rings. The van der Waals surface area contributed by atoms with Gasteiger partial charge in [0.1, 0.15) is 11.6 Å². The Kier molecular flexibility index (Phi) is 2.90. The summed E-state index contributed by atoms with van der Waals surface area (Å²) in [5, 5.41) is 10.6. The van der Waals surface area contributed by atoms with Crippen molar-refractivity contribution in [3.05, 3.63) is 30.1 Å². The number of para-hydroxylation sites is 2. The van der Waals surface area contributed by atoms with Gasteiger partial charge in [-0.3, -0.25) is 4.79 Å². The van der Waals surface area contributed by atoms with Gasteiger partial charge in [-0.2, -0.15) is 0 Å². The molecule has 0 aliphatic heterocycles. The van der Waals surface area contributed by atoms with Crippen molar-refractivity contribution in [1.29, 1.82) is 0 Å². The second-order valence-electron chi connectivity index (χ2n) is 5.52. The van der Waals surface area contributed by atoms with Gasteiger partial charge >= 0.3 is 0 Å². The topological polar surface area (TPSA) is 55.1 Å². The van der Waals surface area contributed by atoms with Crippen LogP contribution in [-0.4, -0.2) is 26.0 Å². The Balaban J connectivity index is 1.89. The Bertz CT molecular complexity index is 620. The molecule has 0 unspecified atom stereocenters. The fourth-order valence-corrected chi connectivity index (χ4v) is 2.82. The van der Waals surface area contributed by atoms with Gasteiger partial charge in [0.15, 0.2) is 0 Å². The number of imidazole rings is 1. The molecule has 2 aromatic rings. The van der Waals surface area contributed by atoms with Gasteiger partial charge in [0.2, 0.25) is 0 Å². The molecular weight excluding hydrogens is 240 g/mol. The highest BCUT2D eigenvalue weighted by molar-refractivity contribution is 5.79. The van der Waals surface area contributed by atoms with Crippen molar-refractivity contribution < 1.29 is 9.90 Å². The zero-order valence-corrected chi connectivity index (χ0v) is 11.1. The van der Waals surface area contributed by atoms with E-state index >= 15 is 0 Å². The van der Waals surface area contributed by atoms with Gasteiger partial charge in [0.25, 0.3) is 0 Å². The molecule has 0 amide bonds. The monoisotopic (exact) mass is 258 g/mol. The average molecular weight is 258 g/mol. The van der Waals surface area contributed by atoms with Crippen LogP contribution in [-0.2, 0) is 18.3 Å². The van der Waals surface area contributed by atoms with Crippen molar-refractivity contribution in [3.63, 3.8) is 0 Å². The lowest BCUT2D eigenvalue weighted by Gasteiger charge is -2.31. The first kappa shape index (κ1) is 12.4. The van der Waals surface area contributed by atoms with E-state index in [1.54, 1.807) is 0 Å². The number of ketones is 1. The fraction of sp³-hybridized carbons (Fsp3) is 0.467. The van der Waals surface area contributed by atoms with E-state index in [2.05, 4.69) is 4.98 Å². The summed E-state index contributed by atoms with van der Waals surface area (Å²) in [5.41, 5.74) is 1.26. The zero-order valence-electron chi connectivity index (χ0n) is 11.1. The highest BCUT2D eigenvalue weighted by atomic mass is 16.3. The summed E-state index contributed by atoms with van der Waals surface area (Å²) in [6.45, 7) is 0. The van der Waals surface area contributed by atoms with Crippen LogP contribution in [0, 0.1) is 0 Å². The molecular formula is C15H18N2O2. The molecule has 4 heteroatoms. The number of aliphatic hydroxyl groups is 1. The number of hydrogen-bond donors (Lipinski definition) is 1. The second kappa shape index (κ2) is 4.46. The number of nitrogens with zero attached hydrogens (tertiary/aromatic N) is 2. The lowest BCUT2D eigenvalue weighted by atomic mass is 9.82. The van der Waals surface area contributed by atoms with Gasteiger partial charge in [0.05, 0.1) is 16.6 Å². The first-order chi connectivity index (χ1) is 9.07. The predicted octanol–water partition coefficient (Wildman–Crippen LogP) is 1.99. The first-order valence-electron chi connectivity index (χ1n) is 6.72. The van der Waals surface area contributed by atoms with Gasteiger partial charge in [-0.25, -0.2) is 4.98 Å². The second-order valence-corrected chi connectivity index (χ2v) is 5.52. The lowest BCUT2D eigenvalue weighted by Crippen LogP contribution is -2.37. The van der Waals surface area contributed by atoms with E-state index in [9.17, 15) is 9.90 Å². The maximum Gasteiger partial charge on any atom is 0.133 e. The molecule has 4 nitrogen and oxygen atoms in total. The Morgan fingerprint density at radius 3 is 2.68 bits per heavy atom. The van der Waals surface area contributed by atoms with E-state index in [0.717, 1.165) is 16.9 Å². The molecule has 100 valence electrons. The highest BCUT2D eigenvalue weighted by Crippen LogP contribution is 2.30. The van der Waals surface area contributed by atoms with E-state index in [1.165, 1.54) is 0 Å². The predicted molar refractivity (Wildman–Crippen MR) is 72.8 cm³/mol. The van der Waals surface area contributed by atoms with E-state index in [1.807, 2.05) is 35.9 Å². The number of fused-ring (bicyclic) bond motifs is 1. The molecule has 0 saturated heterocycles. The minimum absolute atomic E-state index is 0.259. The van der Waals surface area contributed by atoms with Gasteiger partial charge in [0, 0.05) is 26.3 Å². The summed E-state index contributed by atoms with van der Waals surface area (Å²) >= 11 is 0. The number of carbonyl (C=O) groups is 1. The number of aromatic nitrogens is 2. The number of Topliss-reactive ketones (excluding diaryl/α,β-unsaturated/α-hetero) is 1. The van der Waals surface area contributed by atoms with Crippen molar-refractivity contribution in [2.75, 3.05) is 0 Å². The van der Waals surface area contributed by atoms with Crippen molar-refractivity contribution in [3.8, 4) is 0 Å². The number of aryl methyl sites for hydroxylation is 1. The SMILES string of the molecule is Cn1c(CC2(O)CCC(=O)CC2)nc2ccccc21. The summed E-state index contributed by atoms with van der Waals surface area (Å²) in [4.78, 5) is 15.9. The lowest BCUT2D eigenvalue weighted by molar-refractivity contribution is -0.125. The summed E-state index contributed by atoms with van der Waals surface area (Å²) in [5.74, 6) is 1.15. The van der Waals surface area contributed by atoms with Gasteiger partial charge < -0.3 is 9.67 Å². The van der Waals surface area contributed by atoms with E-state index in [-0.39, 0.29) is 5.78 Å². The summed E-state index contributed by atoms with van der Waals surface area (Å²) in [6.07, 6.45) is 2.59. The molecule has 1 saturated carbocycles. The van der Waals surface area contributed by atoms with Crippen LogP contribution in [0.3, 0.4) is 0 Å². The molecule has 1 aliphatic carbocycles. The fourth-order valence-electron chi connectivity index (χ4n) is 2.82. The first-order valence-corrected chi connectivity index (χ1v) is 6.72. The summed E-state index contributed by atoms with van der Waals surface area (Å²) in [7, 11) is 1.97. The molecule has 1 aromatic heterocycles. The Hall–Kier alpha value is -1.68. The van der Waals surface area contributed by atoms with Crippen LogP contribution in [0.25, 0.3) is 11.0 Å². The van der Waals surface area contributed by atoms with E-state index in [0.29, 0.717) is 32.1 Å². The maximum absolute atomic E-state index is 11.3. The number of rotatable bonds is 2. The quantitative estimate of drug-likeness (QED) is 0.896. The number of benzene rings is 1. The molecule has 1 fully saturated rings. The molecule has 0 atom stereocenters. The van der Waals surface area contributed by atoms with Crippen LogP contribution in [0.4, 0.5) is 0 Å². The average Bonchev–Trinajstić information content (AvgIpc) is 2.71. The number of hydrogen-bond acceptors (Lipinski definition) is 3. The molecule has 3 rings (SSSR count). The van der Waals surface area contributed by atoms with Crippen LogP contribution in [0.2, 0.25) is 0 Å². The highest BCUT2D eigenvalue weighted by Gasteiger charge is 2.33. The smallest absolute Gasteiger partial charge is 0.133 e. The van der Waals surface area contributed by atoms with E-state index < -0.39 is 5.60 Å². The normalized spacial score (nSPS) is 18.9. The molecule has 0 radical (unpaired) electrons. The molecule has 0 spiro atoms. The van der Waals surface area contributed by atoms with Crippen molar-refractivity contribution >= 4 is 16.8 Å². The Labute approximate surface area is 112 Å². The Morgan fingerprint density at radius 1 is 1.32 bits per heavy atom. The molecule has 19 heavy (non-hydrogen) atoms. The third-order valence-corrected chi connectivity index (χ3v) is 4.11. The van der Waals surface area contributed by atoms with Crippen LogP contribution in [0.15, 0.2) is 24.3 Å². The molecule has 1 N–H and O–H groups in total. The van der Waals surface area contributed by atoms with Crippen LogP contribution >= 0.6 is 0 Å². The standard InChI is InChI=1S/C15H18N2O2/c1-17-13-5-3-2-4-12(13)16-14(17)10-15(19)8-6-11(18)7-9-15/h2-5,19H,6-10H2,1H3. The minimum atomic E-state index is -0.775. The zero-order chi connectivity index (χ0) is 13.5. The van der Waals surface area contributed by atoms with Crippen LogP contribution in [0.5, 0.6) is 0 Å². The molecule has 1 aromatic carbocycles. The Morgan fingerprint density at radius 2 is 2.00 bits per heavy atom. The van der Waals surface area contributed by atoms with Crippen molar-refractivity contribution in [2.24, 2.45) is 7.05 Å². The van der Waals surface area contributed by atoms with Crippen molar-refractivity contribution in [1.82, 2.24) is 9.55 Å². The maximum atomic E-state index is 11.3. The van der Waals surface area contributed by atoms with Crippen molar-refractivity contribution in [2.45, 2.75) is 37.7 Å². The van der Waals surface area contributed by atoms with Crippen LogP contribution in [0.1, 0.15) is 31.5 Å². The van der Waals surface area contributed by atoms with Gasteiger partial charge in [-0.05, 0) is 25.0 Å². The third-order valence-electron chi connectivity index (χ3n) is 4.11. The molecule has 1 heterocycles. The largest absolute Gasteiger partial charge is 0.389 e. The third kappa shape index (κ3) is 2.28.